The van der Waals surface area contributed by atoms with E-state index in [0.717, 1.165) is 30.5 Å². The van der Waals surface area contributed by atoms with E-state index in [-0.39, 0.29) is 12.0 Å². The number of anilines is 1. The van der Waals surface area contributed by atoms with Crippen molar-refractivity contribution in [2.24, 2.45) is 0 Å². The maximum Gasteiger partial charge on any atom is 0.253 e. The van der Waals surface area contributed by atoms with Gasteiger partial charge in [0.15, 0.2) is 0 Å². The van der Waals surface area contributed by atoms with Gasteiger partial charge in [-0.1, -0.05) is 12.1 Å². The Hall–Kier alpha value is -2.40. The second-order valence-corrected chi connectivity index (χ2v) is 5.79. The molecule has 3 rings (SSSR count). The standard InChI is InChI=1S/C18H21N3O2/c1-23-15-3-2-10-21(12-15)18(22)14-6-4-13(5-7-14)16-8-9-20-11-17(16)19/h4-9,11,15H,2-3,10,12,19H2,1H3/t15-/m0/s1. The average Bonchev–Trinajstić information content (AvgIpc) is 2.62. The predicted octanol–water partition coefficient (Wildman–Crippen LogP) is 2.58. The van der Waals surface area contributed by atoms with Gasteiger partial charge in [-0.25, -0.2) is 0 Å². The number of carbonyl (C=O) groups excluding carboxylic acids is 1. The van der Waals surface area contributed by atoms with Crippen molar-refractivity contribution in [3.05, 3.63) is 48.3 Å². The van der Waals surface area contributed by atoms with Crippen molar-refractivity contribution >= 4 is 11.6 Å². The lowest BCUT2D eigenvalue weighted by molar-refractivity contribution is 0.0269. The Morgan fingerprint density at radius 2 is 2.09 bits per heavy atom. The highest BCUT2D eigenvalue weighted by Gasteiger charge is 2.24. The molecule has 1 atom stereocenters. The number of aromatic nitrogens is 1. The molecule has 120 valence electrons. The summed E-state index contributed by atoms with van der Waals surface area (Å²) in [5.41, 5.74) is 9.18. The molecule has 1 amide bonds. The van der Waals surface area contributed by atoms with E-state index in [4.69, 9.17) is 10.5 Å². The minimum Gasteiger partial charge on any atom is -0.397 e. The number of methoxy groups -OCH3 is 1. The highest BCUT2D eigenvalue weighted by molar-refractivity contribution is 5.95. The molecule has 1 saturated heterocycles. The summed E-state index contributed by atoms with van der Waals surface area (Å²) >= 11 is 0. The van der Waals surface area contributed by atoms with Crippen LogP contribution < -0.4 is 5.73 Å². The number of carbonyl (C=O) groups is 1. The van der Waals surface area contributed by atoms with E-state index in [1.54, 1.807) is 19.5 Å². The van der Waals surface area contributed by atoms with Crippen molar-refractivity contribution in [3.8, 4) is 11.1 Å². The topological polar surface area (TPSA) is 68.5 Å². The predicted molar refractivity (Wildman–Crippen MR) is 90.0 cm³/mol. The van der Waals surface area contributed by atoms with E-state index in [2.05, 4.69) is 4.98 Å². The van der Waals surface area contributed by atoms with Crippen LogP contribution in [0, 0.1) is 0 Å². The number of likely N-dealkylation sites (tertiary alicyclic amines) is 1. The van der Waals surface area contributed by atoms with Crippen molar-refractivity contribution in [1.82, 2.24) is 9.88 Å². The molecule has 0 bridgehead atoms. The van der Waals surface area contributed by atoms with Crippen molar-refractivity contribution < 1.29 is 9.53 Å². The summed E-state index contributed by atoms with van der Waals surface area (Å²) in [7, 11) is 1.70. The molecule has 2 heterocycles. The van der Waals surface area contributed by atoms with Crippen molar-refractivity contribution in [3.63, 3.8) is 0 Å². The van der Waals surface area contributed by atoms with E-state index >= 15 is 0 Å². The number of nitrogen functional groups attached to an aromatic ring is 1. The summed E-state index contributed by atoms with van der Waals surface area (Å²) in [6.07, 6.45) is 5.48. The fourth-order valence-electron chi connectivity index (χ4n) is 2.96. The molecule has 2 aromatic rings. The number of benzene rings is 1. The van der Waals surface area contributed by atoms with Crippen LogP contribution in [0.5, 0.6) is 0 Å². The molecular weight excluding hydrogens is 290 g/mol. The van der Waals surface area contributed by atoms with E-state index in [9.17, 15) is 4.79 Å². The second kappa shape index (κ2) is 6.79. The van der Waals surface area contributed by atoms with Crippen LogP contribution in [0.3, 0.4) is 0 Å². The Kier molecular flexibility index (Phi) is 4.57. The third kappa shape index (κ3) is 3.35. The lowest BCUT2D eigenvalue weighted by Crippen LogP contribution is -2.42. The van der Waals surface area contributed by atoms with Crippen LogP contribution >= 0.6 is 0 Å². The molecular formula is C18H21N3O2. The summed E-state index contributed by atoms with van der Waals surface area (Å²) < 4.78 is 5.38. The van der Waals surface area contributed by atoms with Gasteiger partial charge in [-0.05, 0) is 36.6 Å². The first-order valence-corrected chi connectivity index (χ1v) is 7.81. The van der Waals surface area contributed by atoms with Gasteiger partial charge in [-0.15, -0.1) is 0 Å². The summed E-state index contributed by atoms with van der Waals surface area (Å²) in [5, 5.41) is 0. The molecule has 5 nitrogen and oxygen atoms in total. The Morgan fingerprint density at radius 1 is 1.30 bits per heavy atom. The maximum absolute atomic E-state index is 12.6. The van der Waals surface area contributed by atoms with Crippen molar-refractivity contribution in [1.29, 1.82) is 0 Å². The molecule has 0 saturated carbocycles. The lowest BCUT2D eigenvalue weighted by Gasteiger charge is -2.32. The minimum absolute atomic E-state index is 0.0565. The highest BCUT2D eigenvalue weighted by atomic mass is 16.5. The fourth-order valence-corrected chi connectivity index (χ4v) is 2.96. The minimum atomic E-state index is 0.0565. The van der Waals surface area contributed by atoms with Gasteiger partial charge in [0.25, 0.3) is 5.91 Å². The second-order valence-electron chi connectivity index (χ2n) is 5.79. The van der Waals surface area contributed by atoms with Crippen LogP contribution in [0.15, 0.2) is 42.7 Å². The number of pyridine rings is 1. The van der Waals surface area contributed by atoms with E-state index < -0.39 is 0 Å². The summed E-state index contributed by atoms with van der Waals surface area (Å²) in [4.78, 5) is 18.5. The van der Waals surface area contributed by atoms with Crippen LogP contribution in [-0.4, -0.2) is 42.1 Å². The molecule has 5 heteroatoms. The van der Waals surface area contributed by atoms with Crippen LogP contribution in [0.25, 0.3) is 11.1 Å². The molecule has 1 aromatic carbocycles. The number of nitrogens with zero attached hydrogens (tertiary/aromatic N) is 2. The number of hydrogen-bond donors (Lipinski definition) is 1. The number of piperidine rings is 1. The van der Waals surface area contributed by atoms with Gasteiger partial charge in [0.2, 0.25) is 0 Å². The van der Waals surface area contributed by atoms with E-state index in [1.165, 1.54) is 0 Å². The number of rotatable bonds is 3. The van der Waals surface area contributed by atoms with Gasteiger partial charge in [0, 0.05) is 37.5 Å². The molecule has 1 fully saturated rings. The smallest absolute Gasteiger partial charge is 0.253 e. The summed E-state index contributed by atoms with van der Waals surface area (Å²) in [5.74, 6) is 0.0565. The van der Waals surface area contributed by atoms with Crippen LogP contribution in [0.2, 0.25) is 0 Å². The van der Waals surface area contributed by atoms with Crippen LogP contribution in [0.4, 0.5) is 5.69 Å². The monoisotopic (exact) mass is 311 g/mol. The SMILES string of the molecule is CO[C@H]1CCCN(C(=O)c2ccc(-c3ccncc3N)cc2)C1. The molecule has 1 aliphatic rings. The normalized spacial score (nSPS) is 18.0. The molecule has 0 aliphatic carbocycles. The number of ether oxygens (including phenoxy) is 1. The van der Waals surface area contributed by atoms with E-state index in [1.807, 2.05) is 35.2 Å². The molecule has 1 aliphatic heterocycles. The zero-order valence-corrected chi connectivity index (χ0v) is 13.2. The average molecular weight is 311 g/mol. The Balaban J connectivity index is 1.77. The van der Waals surface area contributed by atoms with Gasteiger partial charge in [-0.2, -0.15) is 0 Å². The first-order valence-electron chi connectivity index (χ1n) is 7.81. The van der Waals surface area contributed by atoms with Crippen molar-refractivity contribution in [2.75, 3.05) is 25.9 Å². The zero-order chi connectivity index (χ0) is 16.2. The molecule has 0 unspecified atom stereocenters. The number of hydrogen-bond acceptors (Lipinski definition) is 4. The molecule has 2 N–H and O–H groups in total. The quantitative estimate of drug-likeness (QED) is 0.946. The van der Waals surface area contributed by atoms with Gasteiger partial charge < -0.3 is 15.4 Å². The van der Waals surface area contributed by atoms with Gasteiger partial charge in [0.1, 0.15) is 0 Å². The fraction of sp³-hybridized carbons (Fsp3) is 0.333. The van der Waals surface area contributed by atoms with Gasteiger partial charge in [-0.3, -0.25) is 9.78 Å². The molecule has 0 spiro atoms. The Bertz CT molecular complexity index is 685. The zero-order valence-electron chi connectivity index (χ0n) is 13.2. The number of nitrogens with two attached hydrogens (primary N) is 1. The largest absolute Gasteiger partial charge is 0.397 e. The Morgan fingerprint density at radius 3 is 2.78 bits per heavy atom. The van der Waals surface area contributed by atoms with Crippen LogP contribution in [-0.2, 0) is 4.74 Å². The van der Waals surface area contributed by atoms with Crippen molar-refractivity contribution in [2.45, 2.75) is 18.9 Å². The maximum atomic E-state index is 12.6. The summed E-state index contributed by atoms with van der Waals surface area (Å²) in [6, 6.07) is 9.44. The van der Waals surface area contributed by atoms with Gasteiger partial charge in [0.05, 0.1) is 18.0 Å². The number of amides is 1. The first-order chi connectivity index (χ1) is 11.2. The van der Waals surface area contributed by atoms with Gasteiger partial charge >= 0.3 is 0 Å². The molecule has 1 aromatic heterocycles. The third-order valence-corrected chi connectivity index (χ3v) is 4.29. The molecule has 0 radical (unpaired) electrons. The van der Waals surface area contributed by atoms with E-state index in [0.29, 0.717) is 17.8 Å². The van der Waals surface area contributed by atoms with Crippen LogP contribution in [0.1, 0.15) is 23.2 Å². The molecule has 23 heavy (non-hydrogen) atoms. The summed E-state index contributed by atoms with van der Waals surface area (Å²) in [6.45, 7) is 1.45. The highest BCUT2D eigenvalue weighted by Crippen LogP contribution is 2.25. The first kappa shape index (κ1) is 15.5. The third-order valence-electron chi connectivity index (χ3n) is 4.29. The lowest BCUT2D eigenvalue weighted by atomic mass is 10.0. The Labute approximate surface area is 136 Å².